The molecule has 1 aromatic heterocycles. The molecule has 0 fully saturated rings. The number of nitriles is 1. The highest BCUT2D eigenvalue weighted by molar-refractivity contribution is 6.20. The Morgan fingerprint density at radius 3 is 2.64 bits per heavy atom. The van der Waals surface area contributed by atoms with Gasteiger partial charge in [0, 0.05) is 22.7 Å². The molecule has 1 N–H and O–H groups in total. The number of allylic oxidation sites excluding steroid dienone is 1. The second kappa shape index (κ2) is 7.06. The number of ketones is 1. The first-order valence-corrected chi connectivity index (χ1v) is 8.07. The normalized spacial score (nSPS) is 11.3. The Hall–Kier alpha value is -3.32. The van der Waals surface area contributed by atoms with Crippen molar-refractivity contribution in [3.63, 3.8) is 0 Å². The molecule has 3 aromatic rings. The molecule has 0 spiro atoms. The maximum atomic E-state index is 12.8. The van der Waals surface area contributed by atoms with E-state index in [1.807, 2.05) is 36.4 Å². The fourth-order valence-corrected chi connectivity index (χ4v) is 2.86. The Bertz CT molecular complexity index is 989. The van der Waals surface area contributed by atoms with Gasteiger partial charge in [0.2, 0.25) is 5.78 Å². The Morgan fingerprint density at radius 1 is 1.24 bits per heavy atom. The molecule has 0 radical (unpaired) electrons. The number of aryl methyl sites for hydroxylation is 1. The van der Waals surface area contributed by atoms with Crippen LogP contribution in [0.25, 0.3) is 17.0 Å². The number of para-hydroxylation sites is 1. The van der Waals surface area contributed by atoms with Gasteiger partial charge in [0.15, 0.2) is 0 Å². The average molecular weight is 330 g/mol. The molecular formula is C21H18N2O2. The van der Waals surface area contributed by atoms with Gasteiger partial charge in [-0.15, -0.1) is 0 Å². The minimum absolute atomic E-state index is 0.105. The number of carbonyl (C=O) groups is 1. The second-order valence-corrected chi connectivity index (χ2v) is 5.67. The maximum absolute atomic E-state index is 12.8. The van der Waals surface area contributed by atoms with Crippen molar-refractivity contribution in [1.29, 1.82) is 5.26 Å². The highest BCUT2D eigenvalue weighted by Gasteiger charge is 2.17. The third-order valence-corrected chi connectivity index (χ3v) is 4.22. The predicted octanol–water partition coefficient (Wildman–Crippen LogP) is 4.53. The molecule has 0 saturated heterocycles. The molecule has 0 amide bonds. The molecule has 0 aliphatic carbocycles. The van der Waals surface area contributed by atoms with E-state index in [4.69, 9.17) is 4.74 Å². The van der Waals surface area contributed by atoms with Crippen LogP contribution in [0.1, 0.15) is 28.4 Å². The highest BCUT2D eigenvalue weighted by atomic mass is 16.5. The van der Waals surface area contributed by atoms with Gasteiger partial charge < -0.3 is 9.72 Å². The van der Waals surface area contributed by atoms with Crippen molar-refractivity contribution >= 4 is 22.8 Å². The average Bonchev–Trinajstić information content (AvgIpc) is 3.10. The zero-order valence-corrected chi connectivity index (χ0v) is 14.2. The minimum atomic E-state index is -0.280. The number of Topliss-reactive ketones (excluding diaryl/α,β-unsaturated/α-hetero) is 1. The first-order valence-electron chi connectivity index (χ1n) is 8.07. The van der Waals surface area contributed by atoms with E-state index < -0.39 is 0 Å². The van der Waals surface area contributed by atoms with E-state index in [0.29, 0.717) is 5.56 Å². The summed E-state index contributed by atoms with van der Waals surface area (Å²) >= 11 is 0. The molecule has 2 aromatic carbocycles. The third-order valence-electron chi connectivity index (χ3n) is 4.22. The van der Waals surface area contributed by atoms with Crippen molar-refractivity contribution in [3.05, 3.63) is 70.9 Å². The molecule has 3 rings (SSSR count). The lowest BCUT2D eigenvalue weighted by molar-refractivity contribution is 0.104. The number of aromatic nitrogens is 1. The van der Waals surface area contributed by atoms with Gasteiger partial charge in [-0.3, -0.25) is 4.79 Å². The monoisotopic (exact) mass is 330 g/mol. The van der Waals surface area contributed by atoms with E-state index in [0.717, 1.165) is 34.2 Å². The molecule has 0 atom stereocenters. The summed E-state index contributed by atoms with van der Waals surface area (Å²) in [6, 6.07) is 15.1. The lowest BCUT2D eigenvalue weighted by Gasteiger charge is -2.02. The van der Waals surface area contributed by atoms with Crippen molar-refractivity contribution in [2.45, 2.75) is 13.3 Å². The van der Waals surface area contributed by atoms with E-state index in [1.165, 1.54) is 0 Å². The van der Waals surface area contributed by atoms with E-state index in [1.54, 1.807) is 31.5 Å². The van der Waals surface area contributed by atoms with E-state index in [-0.39, 0.29) is 11.4 Å². The van der Waals surface area contributed by atoms with Crippen LogP contribution >= 0.6 is 0 Å². The molecule has 0 aliphatic heterocycles. The largest absolute Gasteiger partial charge is 0.497 e. The summed E-state index contributed by atoms with van der Waals surface area (Å²) < 4.78 is 5.12. The first kappa shape index (κ1) is 16.5. The number of carbonyl (C=O) groups excluding carboxylic acids is 1. The Morgan fingerprint density at radius 2 is 2.00 bits per heavy atom. The van der Waals surface area contributed by atoms with Crippen molar-refractivity contribution in [2.75, 3.05) is 7.11 Å². The van der Waals surface area contributed by atoms with Crippen LogP contribution in [0.3, 0.4) is 0 Å². The van der Waals surface area contributed by atoms with E-state index >= 15 is 0 Å². The molecule has 0 unspecified atom stereocenters. The number of ether oxygens (including phenoxy) is 1. The summed E-state index contributed by atoms with van der Waals surface area (Å²) in [7, 11) is 1.59. The quantitative estimate of drug-likeness (QED) is 0.424. The van der Waals surface area contributed by atoms with Crippen molar-refractivity contribution in [1.82, 2.24) is 4.98 Å². The Balaban J connectivity index is 2.00. The Kier molecular flexibility index (Phi) is 4.67. The van der Waals surface area contributed by atoms with Crippen LogP contribution < -0.4 is 4.74 Å². The van der Waals surface area contributed by atoms with Crippen molar-refractivity contribution in [2.24, 2.45) is 0 Å². The summed E-state index contributed by atoms with van der Waals surface area (Å²) in [6.45, 7) is 2.07. The number of aromatic amines is 1. The van der Waals surface area contributed by atoms with Gasteiger partial charge in [-0.05, 0) is 35.8 Å². The molecule has 25 heavy (non-hydrogen) atoms. The SMILES string of the molecule is CCc1cccc2c(C(=O)/C(C#N)=C/c3ccc(OC)cc3)c[nH]c12. The highest BCUT2D eigenvalue weighted by Crippen LogP contribution is 2.25. The molecule has 4 heteroatoms. The van der Waals surface area contributed by atoms with Crippen LogP contribution in [0.15, 0.2) is 54.2 Å². The van der Waals surface area contributed by atoms with Crippen LogP contribution in [-0.2, 0) is 6.42 Å². The maximum Gasteiger partial charge on any atom is 0.205 e. The smallest absolute Gasteiger partial charge is 0.205 e. The number of nitrogens with zero attached hydrogens (tertiary/aromatic N) is 1. The van der Waals surface area contributed by atoms with Crippen LogP contribution in [0.5, 0.6) is 5.75 Å². The van der Waals surface area contributed by atoms with E-state index in [9.17, 15) is 10.1 Å². The van der Waals surface area contributed by atoms with Gasteiger partial charge in [0.1, 0.15) is 17.4 Å². The topological polar surface area (TPSA) is 65.9 Å². The number of hydrogen-bond acceptors (Lipinski definition) is 3. The zero-order valence-electron chi connectivity index (χ0n) is 14.2. The van der Waals surface area contributed by atoms with Crippen LogP contribution in [0.2, 0.25) is 0 Å². The molecule has 0 saturated carbocycles. The third kappa shape index (κ3) is 3.17. The number of hydrogen-bond donors (Lipinski definition) is 1. The number of nitrogens with one attached hydrogen (secondary N) is 1. The minimum Gasteiger partial charge on any atom is -0.497 e. The number of methoxy groups -OCH3 is 1. The summed E-state index contributed by atoms with van der Waals surface area (Å²) in [5.41, 5.74) is 3.50. The van der Waals surface area contributed by atoms with Crippen LogP contribution in [0.4, 0.5) is 0 Å². The lowest BCUT2D eigenvalue weighted by atomic mass is 10.00. The van der Waals surface area contributed by atoms with Gasteiger partial charge in [0.25, 0.3) is 0 Å². The molecular weight excluding hydrogens is 312 g/mol. The van der Waals surface area contributed by atoms with Gasteiger partial charge >= 0.3 is 0 Å². The van der Waals surface area contributed by atoms with Gasteiger partial charge in [0.05, 0.1) is 7.11 Å². The standard InChI is InChI=1S/C21H18N2O2/c1-3-15-5-4-6-18-19(13-23-20(15)18)21(24)16(12-22)11-14-7-9-17(25-2)10-8-14/h4-11,13,23H,3H2,1-2H3/b16-11+. The molecule has 124 valence electrons. The Labute approximate surface area is 146 Å². The predicted molar refractivity (Wildman–Crippen MR) is 98.6 cm³/mol. The van der Waals surface area contributed by atoms with Crippen LogP contribution in [-0.4, -0.2) is 17.9 Å². The second-order valence-electron chi connectivity index (χ2n) is 5.67. The van der Waals surface area contributed by atoms with Crippen LogP contribution in [0, 0.1) is 11.3 Å². The molecule has 0 bridgehead atoms. The van der Waals surface area contributed by atoms with Gasteiger partial charge in [-0.1, -0.05) is 37.3 Å². The summed E-state index contributed by atoms with van der Waals surface area (Å²) in [5.74, 6) is 0.448. The summed E-state index contributed by atoms with van der Waals surface area (Å²) in [6.07, 6.45) is 4.16. The number of benzene rings is 2. The number of rotatable bonds is 5. The summed E-state index contributed by atoms with van der Waals surface area (Å²) in [5, 5.41) is 10.3. The first-order chi connectivity index (χ1) is 12.2. The molecule has 0 aliphatic rings. The fraction of sp³-hybridized carbons (Fsp3) is 0.143. The molecule has 4 nitrogen and oxygen atoms in total. The number of H-pyrrole nitrogens is 1. The fourth-order valence-electron chi connectivity index (χ4n) is 2.86. The van der Waals surface area contributed by atoms with Gasteiger partial charge in [-0.25, -0.2) is 0 Å². The van der Waals surface area contributed by atoms with Gasteiger partial charge in [-0.2, -0.15) is 5.26 Å². The molecule has 1 heterocycles. The lowest BCUT2D eigenvalue weighted by Crippen LogP contribution is -2.01. The van der Waals surface area contributed by atoms with Crippen molar-refractivity contribution < 1.29 is 9.53 Å². The number of fused-ring (bicyclic) bond motifs is 1. The zero-order chi connectivity index (χ0) is 17.8. The summed E-state index contributed by atoms with van der Waals surface area (Å²) in [4.78, 5) is 16.0. The van der Waals surface area contributed by atoms with E-state index in [2.05, 4.69) is 11.9 Å². The van der Waals surface area contributed by atoms with Crippen molar-refractivity contribution in [3.8, 4) is 11.8 Å².